The van der Waals surface area contributed by atoms with Gasteiger partial charge in [-0.2, -0.15) is 0 Å². The molecule has 1 rings (SSSR count). The Bertz CT molecular complexity index is 309. The first-order valence-electron chi connectivity index (χ1n) is 5.98. The van der Waals surface area contributed by atoms with E-state index in [-0.39, 0.29) is 5.41 Å². The van der Waals surface area contributed by atoms with Crippen LogP contribution in [0.3, 0.4) is 0 Å². The summed E-state index contributed by atoms with van der Waals surface area (Å²) in [5.74, 6) is 0.516. The first-order valence-corrected chi connectivity index (χ1v) is 5.98. The Morgan fingerprint density at radius 2 is 1.75 bits per heavy atom. The molecule has 0 fully saturated rings. The van der Waals surface area contributed by atoms with Gasteiger partial charge in [-0.3, -0.25) is 0 Å². The van der Waals surface area contributed by atoms with Crippen LogP contribution in [0.15, 0.2) is 24.3 Å². The number of hydrogen-bond acceptors (Lipinski definition) is 2. The van der Waals surface area contributed by atoms with Crippen molar-refractivity contribution in [2.24, 2.45) is 11.7 Å². The summed E-state index contributed by atoms with van der Waals surface area (Å²) in [7, 11) is 0. The van der Waals surface area contributed by atoms with Gasteiger partial charge in [0.1, 0.15) is 0 Å². The quantitative estimate of drug-likeness (QED) is 0.818. The minimum absolute atomic E-state index is 0.225. The normalized spacial score (nSPS) is 13.6. The zero-order valence-electron chi connectivity index (χ0n) is 10.9. The van der Waals surface area contributed by atoms with E-state index >= 15 is 0 Å². The van der Waals surface area contributed by atoms with E-state index in [1.165, 1.54) is 11.3 Å². The summed E-state index contributed by atoms with van der Waals surface area (Å²) in [4.78, 5) is 0. The van der Waals surface area contributed by atoms with Crippen molar-refractivity contribution < 1.29 is 0 Å². The summed E-state index contributed by atoms with van der Waals surface area (Å²) >= 11 is 0. The SMILES string of the molecule is CC(CN)CNc1ccc(C(C)(C)C)cc1. The van der Waals surface area contributed by atoms with Crippen LogP contribution in [0.4, 0.5) is 5.69 Å². The van der Waals surface area contributed by atoms with Crippen molar-refractivity contribution in [3.05, 3.63) is 29.8 Å². The van der Waals surface area contributed by atoms with E-state index in [1.807, 2.05) is 0 Å². The number of anilines is 1. The molecule has 1 unspecified atom stereocenters. The molecule has 2 nitrogen and oxygen atoms in total. The predicted octanol–water partition coefficient (Wildman–Crippen LogP) is 2.99. The third-order valence-corrected chi connectivity index (χ3v) is 2.81. The Morgan fingerprint density at radius 1 is 1.19 bits per heavy atom. The smallest absolute Gasteiger partial charge is 0.0340 e. The van der Waals surface area contributed by atoms with Crippen molar-refractivity contribution in [2.45, 2.75) is 33.1 Å². The van der Waals surface area contributed by atoms with Gasteiger partial charge in [-0.1, -0.05) is 39.8 Å². The first-order chi connectivity index (χ1) is 7.43. The van der Waals surface area contributed by atoms with Crippen molar-refractivity contribution in [1.29, 1.82) is 0 Å². The molecule has 0 aliphatic carbocycles. The van der Waals surface area contributed by atoms with Gasteiger partial charge in [0.2, 0.25) is 0 Å². The lowest BCUT2D eigenvalue weighted by Crippen LogP contribution is -2.19. The number of nitrogens with one attached hydrogen (secondary N) is 1. The van der Waals surface area contributed by atoms with Crippen LogP contribution < -0.4 is 11.1 Å². The summed E-state index contributed by atoms with van der Waals surface area (Å²) in [6.45, 7) is 10.5. The van der Waals surface area contributed by atoms with E-state index in [4.69, 9.17) is 5.73 Å². The molecule has 0 aliphatic rings. The summed E-state index contributed by atoms with van der Waals surface area (Å²) < 4.78 is 0. The first kappa shape index (κ1) is 13.0. The molecule has 90 valence electrons. The average molecular weight is 220 g/mol. The lowest BCUT2D eigenvalue weighted by atomic mass is 9.87. The lowest BCUT2D eigenvalue weighted by Gasteiger charge is -2.19. The van der Waals surface area contributed by atoms with Crippen LogP contribution in [0.2, 0.25) is 0 Å². The Kier molecular flexibility index (Phi) is 4.36. The Hall–Kier alpha value is -1.02. The fraction of sp³-hybridized carbons (Fsp3) is 0.571. The summed E-state index contributed by atoms with van der Waals surface area (Å²) in [5.41, 5.74) is 8.34. The fourth-order valence-electron chi connectivity index (χ4n) is 1.46. The van der Waals surface area contributed by atoms with Crippen molar-refractivity contribution in [1.82, 2.24) is 0 Å². The molecule has 1 atom stereocenters. The molecular weight excluding hydrogens is 196 g/mol. The molecule has 0 saturated carbocycles. The molecule has 0 saturated heterocycles. The third kappa shape index (κ3) is 3.86. The Morgan fingerprint density at radius 3 is 2.19 bits per heavy atom. The van der Waals surface area contributed by atoms with Crippen LogP contribution in [0.5, 0.6) is 0 Å². The number of nitrogens with two attached hydrogens (primary N) is 1. The zero-order valence-corrected chi connectivity index (χ0v) is 10.9. The summed E-state index contributed by atoms with van der Waals surface area (Å²) in [6, 6.07) is 8.67. The van der Waals surface area contributed by atoms with Gasteiger partial charge in [0, 0.05) is 12.2 Å². The van der Waals surface area contributed by atoms with E-state index in [2.05, 4.69) is 57.3 Å². The highest BCUT2D eigenvalue weighted by atomic mass is 14.9. The van der Waals surface area contributed by atoms with Gasteiger partial charge >= 0.3 is 0 Å². The van der Waals surface area contributed by atoms with Crippen LogP contribution in [0.25, 0.3) is 0 Å². The fourth-order valence-corrected chi connectivity index (χ4v) is 1.46. The largest absolute Gasteiger partial charge is 0.385 e. The molecule has 2 heteroatoms. The molecule has 3 N–H and O–H groups in total. The zero-order chi connectivity index (χ0) is 12.2. The van der Waals surface area contributed by atoms with Gasteiger partial charge in [0.15, 0.2) is 0 Å². The highest BCUT2D eigenvalue weighted by Gasteiger charge is 2.12. The second kappa shape index (κ2) is 5.35. The Balaban J connectivity index is 2.58. The van der Waals surface area contributed by atoms with Crippen LogP contribution in [-0.2, 0) is 5.41 Å². The molecular formula is C14H24N2. The van der Waals surface area contributed by atoms with Crippen molar-refractivity contribution >= 4 is 5.69 Å². The van der Waals surface area contributed by atoms with Gasteiger partial charge in [-0.05, 0) is 35.6 Å². The Labute approximate surface area is 99.2 Å². The van der Waals surface area contributed by atoms with Crippen LogP contribution >= 0.6 is 0 Å². The van der Waals surface area contributed by atoms with Crippen molar-refractivity contribution in [3.63, 3.8) is 0 Å². The molecule has 0 amide bonds. The number of benzene rings is 1. The topological polar surface area (TPSA) is 38.0 Å². The average Bonchev–Trinajstić information content (AvgIpc) is 2.25. The van der Waals surface area contributed by atoms with E-state index in [1.54, 1.807) is 0 Å². The predicted molar refractivity (Wildman–Crippen MR) is 71.9 cm³/mol. The third-order valence-electron chi connectivity index (χ3n) is 2.81. The molecule has 0 heterocycles. The molecule has 1 aromatic carbocycles. The maximum atomic E-state index is 5.58. The van der Waals surface area contributed by atoms with E-state index < -0.39 is 0 Å². The van der Waals surface area contributed by atoms with Crippen LogP contribution in [0, 0.1) is 5.92 Å². The second-order valence-electron chi connectivity index (χ2n) is 5.55. The monoisotopic (exact) mass is 220 g/mol. The maximum absolute atomic E-state index is 5.58. The summed E-state index contributed by atoms with van der Waals surface area (Å²) in [5, 5.41) is 3.39. The molecule has 0 radical (unpaired) electrons. The van der Waals surface area contributed by atoms with Gasteiger partial charge < -0.3 is 11.1 Å². The van der Waals surface area contributed by atoms with Gasteiger partial charge in [0.05, 0.1) is 0 Å². The molecule has 1 aromatic rings. The van der Waals surface area contributed by atoms with Crippen molar-refractivity contribution in [3.8, 4) is 0 Å². The molecule has 0 spiro atoms. The van der Waals surface area contributed by atoms with E-state index in [9.17, 15) is 0 Å². The minimum Gasteiger partial charge on any atom is -0.385 e. The van der Waals surface area contributed by atoms with E-state index in [0.717, 1.165) is 13.1 Å². The second-order valence-corrected chi connectivity index (χ2v) is 5.55. The highest BCUT2D eigenvalue weighted by molar-refractivity contribution is 5.45. The molecule has 0 aromatic heterocycles. The number of hydrogen-bond donors (Lipinski definition) is 2. The molecule has 0 bridgehead atoms. The summed E-state index contributed by atoms with van der Waals surface area (Å²) in [6.07, 6.45) is 0. The molecule has 0 aliphatic heterocycles. The van der Waals surface area contributed by atoms with Crippen molar-refractivity contribution in [2.75, 3.05) is 18.4 Å². The van der Waals surface area contributed by atoms with E-state index in [0.29, 0.717) is 5.92 Å². The minimum atomic E-state index is 0.225. The molecule has 16 heavy (non-hydrogen) atoms. The standard InChI is InChI=1S/C14H24N2/c1-11(9-15)10-16-13-7-5-12(6-8-13)14(2,3)4/h5-8,11,16H,9-10,15H2,1-4H3. The van der Waals surface area contributed by atoms with Gasteiger partial charge in [0.25, 0.3) is 0 Å². The number of rotatable bonds is 4. The lowest BCUT2D eigenvalue weighted by molar-refractivity contribution is 0.590. The maximum Gasteiger partial charge on any atom is 0.0340 e. The van der Waals surface area contributed by atoms with Gasteiger partial charge in [-0.15, -0.1) is 0 Å². The van der Waals surface area contributed by atoms with Crippen LogP contribution in [-0.4, -0.2) is 13.1 Å². The van der Waals surface area contributed by atoms with Gasteiger partial charge in [-0.25, -0.2) is 0 Å². The van der Waals surface area contributed by atoms with Crippen LogP contribution in [0.1, 0.15) is 33.3 Å². The highest BCUT2D eigenvalue weighted by Crippen LogP contribution is 2.23.